The van der Waals surface area contributed by atoms with E-state index < -0.39 is 15.7 Å². The van der Waals surface area contributed by atoms with E-state index in [2.05, 4.69) is 10.4 Å². The molecule has 1 amide bonds. The molecule has 152 valence electrons. The second-order valence-electron chi connectivity index (χ2n) is 6.18. The number of aromatic nitrogens is 2. The predicted molar refractivity (Wildman–Crippen MR) is 111 cm³/mol. The molecule has 0 atom stereocenters. The normalized spacial score (nSPS) is 11.3. The van der Waals surface area contributed by atoms with Crippen molar-refractivity contribution in [3.8, 4) is 5.75 Å². The second kappa shape index (κ2) is 8.06. The van der Waals surface area contributed by atoms with Gasteiger partial charge in [0.25, 0.3) is 5.91 Å². The van der Waals surface area contributed by atoms with Crippen LogP contribution in [0.3, 0.4) is 0 Å². The zero-order valence-electron chi connectivity index (χ0n) is 15.7. The molecule has 1 N–H and O–H groups in total. The average molecular weight is 454 g/mol. The van der Waals surface area contributed by atoms with E-state index in [-0.39, 0.29) is 31.9 Å². The number of sulfone groups is 1. The van der Waals surface area contributed by atoms with Crippen LogP contribution in [0.15, 0.2) is 52.3 Å². The first-order valence-electron chi connectivity index (χ1n) is 8.33. The molecule has 1 heterocycles. The second-order valence-corrected chi connectivity index (χ2v) is 8.94. The number of hydrogen-bond acceptors (Lipinski definition) is 5. The van der Waals surface area contributed by atoms with E-state index in [1.165, 1.54) is 54.3 Å². The summed E-state index contributed by atoms with van der Waals surface area (Å²) in [6, 6.07) is 10.0. The standard InChI is InChI=1S/C19H17Cl2N3O4S/c1-11-17(21)18(23-24(11)2)19(25)22-13-8-14(28-3)10-16(9-13)29(26,27)15-6-4-12(20)5-7-15/h4-10H,1-3H3,(H,22,25). The van der Waals surface area contributed by atoms with Crippen molar-refractivity contribution in [1.82, 2.24) is 9.78 Å². The lowest BCUT2D eigenvalue weighted by atomic mass is 10.2. The Morgan fingerprint density at radius 2 is 1.76 bits per heavy atom. The van der Waals surface area contributed by atoms with Gasteiger partial charge in [0.1, 0.15) is 5.75 Å². The van der Waals surface area contributed by atoms with Crippen molar-refractivity contribution in [3.63, 3.8) is 0 Å². The third kappa shape index (κ3) is 4.24. The molecule has 0 bridgehead atoms. The molecule has 0 saturated carbocycles. The minimum absolute atomic E-state index is 0.0385. The van der Waals surface area contributed by atoms with Crippen molar-refractivity contribution >= 4 is 44.6 Å². The van der Waals surface area contributed by atoms with E-state index in [1.807, 2.05) is 0 Å². The van der Waals surface area contributed by atoms with Gasteiger partial charge in [-0.1, -0.05) is 23.2 Å². The van der Waals surface area contributed by atoms with Gasteiger partial charge in [-0.25, -0.2) is 8.42 Å². The summed E-state index contributed by atoms with van der Waals surface area (Å²) in [5.41, 5.74) is 0.895. The molecule has 0 unspecified atom stereocenters. The van der Waals surface area contributed by atoms with E-state index in [4.69, 9.17) is 27.9 Å². The van der Waals surface area contributed by atoms with E-state index in [9.17, 15) is 13.2 Å². The van der Waals surface area contributed by atoms with Crippen LogP contribution in [0.1, 0.15) is 16.2 Å². The Morgan fingerprint density at radius 3 is 2.31 bits per heavy atom. The summed E-state index contributed by atoms with van der Waals surface area (Å²) in [6.07, 6.45) is 0. The maximum Gasteiger partial charge on any atom is 0.277 e. The molecule has 0 aliphatic heterocycles. The fourth-order valence-electron chi connectivity index (χ4n) is 2.58. The number of methoxy groups -OCH3 is 1. The first-order valence-corrected chi connectivity index (χ1v) is 10.6. The molecule has 0 radical (unpaired) electrons. The van der Waals surface area contributed by atoms with Gasteiger partial charge in [0.2, 0.25) is 9.84 Å². The minimum Gasteiger partial charge on any atom is -0.497 e. The summed E-state index contributed by atoms with van der Waals surface area (Å²) < 4.78 is 32.6. The summed E-state index contributed by atoms with van der Waals surface area (Å²) >= 11 is 12.0. The number of halogens is 2. The van der Waals surface area contributed by atoms with Gasteiger partial charge in [-0.05, 0) is 43.3 Å². The highest BCUT2D eigenvalue weighted by Crippen LogP contribution is 2.30. The Morgan fingerprint density at radius 1 is 1.10 bits per heavy atom. The minimum atomic E-state index is -3.86. The predicted octanol–water partition coefficient (Wildman–Crippen LogP) is 4.13. The largest absolute Gasteiger partial charge is 0.497 e. The molecule has 2 aromatic carbocycles. The van der Waals surface area contributed by atoms with Crippen molar-refractivity contribution in [2.45, 2.75) is 16.7 Å². The number of rotatable bonds is 5. The molecular formula is C19H17Cl2N3O4S. The van der Waals surface area contributed by atoms with Crippen LogP contribution in [0.5, 0.6) is 5.75 Å². The molecule has 3 rings (SSSR count). The Balaban J connectivity index is 2.00. The highest BCUT2D eigenvalue weighted by atomic mass is 35.5. The Kier molecular flexibility index (Phi) is 5.88. The van der Waals surface area contributed by atoms with Gasteiger partial charge in [-0.15, -0.1) is 0 Å². The number of nitrogens with zero attached hydrogens (tertiary/aromatic N) is 2. The van der Waals surface area contributed by atoms with Crippen molar-refractivity contribution in [2.24, 2.45) is 7.05 Å². The third-order valence-electron chi connectivity index (χ3n) is 4.28. The van der Waals surface area contributed by atoms with Crippen LogP contribution in [-0.2, 0) is 16.9 Å². The molecule has 0 fully saturated rings. The molecule has 7 nitrogen and oxygen atoms in total. The van der Waals surface area contributed by atoms with Crippen molar-refractivity contribution in [2.75, 3.05) is 12.4 Å². The lowest BCUT2D eigenvalue weighted by Crippen LogP contribution is -2.14. The molecule has 0 saturated heterocycles. The lowest BCUT2D eigenvalue weighted by molar-refractivity contribution is 0.102. The monoisotopic (exact) mass is 453 g/mol. The first-order chi connectivity index (χ1) is 13.6. The number of ether oxygens (including phenoxy) is 1. The van der Waals surface area contributed by atoms with E-state index in [0.29, 0.717) is 10.7 Å². The highest BCUT2D eigenvalue weighted by molar-refractivity contribution is 7.91. The summed E-state index contributed by atoms with van der Waals surface area (Å²) in [4.78, 5) is 12.6. The SMILES string of the molecule is COc1cc(NC(=O)c2nn(C)c(C)c2Cl)cc(S(=O)(=O)c2ccc(Cl)cc2)c1. The zero-order chi connectivity index (χ0) is 21.3. The number of nitrogens with one attached hydrogen (secondary N) is 1. The molecule has 3 aromatic rings. The van der Waals surface area contributed by atoms with Crippen LogP contribution in [0.2, 0.25) is 10.0 Å². The van der Waals surface area contributed by atoms with Gasteiger partial charge in [0, 0.05) is 23.8 Å². The number of carbonyl (C=O) groups is 1. The fraction of sp³-hybridized carbons (Fsp3) is 0.158. The zero-order valence-corrected chi connectivity index (χ0v) is 18.1. The van der Waals surface area contributed by atoms with Gasteiger partial charge in [0.15, 0.2) is 5.69 Å². The maximum absolute atomic E-state index is 13.0. The van der Waals surface area contributed by atoms with Gasteiger partial charge >= 0.3 is 0 Å². The van der Waals surface area contributed by atoms with Crippen LogP contribution in [0, 0.1) is 6.92 Å². The Hall–Kier alpha value is -2.55. The summed E-state index contributed by atoms with van der Waals surface area (Å²) in [5.74, 6) is -0.305. The van der Waals surface area contributed by atoms with Crippen molar-refractivity contribution < 1.29 is 17.9 Å². The number of benzene rings is 2. The highest BCUT2D eigenvalue weighted by Gasteiger charge is 2.22. The lowest BCUT2D eigenvalue weighted by Gasteiger charge is -2.11. The first kappa shape index (κ1) is 21.2. The van der Waals surface area contributed by atoms with E-state index in [1.54, 1.807) is 14.0 Å². The Bertz CT molecular complexity index is 1190. The van der Waals surface area contributed by atoms with Gasteiger partial charge in [-0.2, -0.15) is 5.10 Å². The van der Waals surface area contributed by atoms with E-state index in [0.717, 1.165) is 0 Å². The van der Waals surface area contributed by atoms with E-state index >= 15 is 0 Å². The number of amides is 1. The van der Waals surface area contributed by atoms with Crippen molar-refractivity contribution in [3.05, 3.63) is 63.9 Å². The number of aryl methyl sites for hydroxylation is 1. The summed E-state index contributed by atoms with van der Waals surface area (Å²) in [5, 5.41) is 7.35. The van der Waals surface area contributed by atoms with Gasteiger partial charge in [-0.3, -0.25) is 9.48 Å². The summed E-state index contributed by atoms with van der Waals surface area (Å²) in [6.45, 7) is 1.73. The van der Waals surface area contributed by atoms with Crippen LogP contribution < -0.4 is 10.1 Å². The third-order valence-corrected chi connectivity index (χ3v) is 6.74. The maximum atomic E-state index is 13.0. The number of hydrogen-bond donors (Lipinski definition) is 1. The smallest absolute Gasteiger partial charge is 0.277 e. The number of carbonyl (C=O) groups excluding carboxylic acids is 1. The van der Waals surface area contributed by atoms with Crippen LogP contribution in [-0.4, -0.2) is 31.2 Å². The molecule has 29 heavy (non-hydrogen) atoms. The van der Waals surface area contributed by atoms with Crippen LogP contribution in [0.4, 0.5) is 5.69 Å². The molecule has 0 aliphatic rings. The number of anilines is 1. The quantitative estimate of drug-likeness (QED) is 0.626. The van der Waals surface area contributed by atoms with Gasteiger partial charge in [0.05, 0.1) is 27.6 Å². The average Bonchev–Trinajstić information content (AvgIpc) is 2.95. The molecular weight excluding hydrogens is 437 g/mol. The summed E-state index contributed by atoms with van der Waals surface area (Å²) in [7, 11) is -0.789. The van der Waals surface area contributed by atoms with Crippen LogP contribution >= 0.6 is 23.2 Å². The van der Waals surface area contributed by atoms with Crippen LogP contribution in [0.25, 0.3) is 0 Å². The molecule has 0 spiro atoms. The molecule has 10 heteroatoms. The Labute approximate surface area is 178 Å². The van der Waals surface area contributed by atoms with Gasteiger partial charge < -0.3 is 10.1 Å². The molecule has 1 aromatic heterocycles. The molecule has 0 aliphatic carbocycles. The topological polar surface area (TPSA) is 90.3 Å². The van der Waals surface area contributed by atoms with Crippen molar-refractivity contribution in [1.29, 1.82) is 0 Å². The fourth-order valence-corrected chi connectivity index (χ4v) is 4.28.